The number of halogens is 2. The topological polar surface area (TPSA) is 24.7 Å². The maximum Gasteiger partial charge on any atom is 0.0951 e. The Morgan fingerprint density at radius 1 is 0.944 bits per heavy atom. The summed E-state index contributed by atoms with van der Waals surface area (Å²) in [5.41, 5.74) is 3.60. The summed E-state index contributed by atoms with van der Waals surface area (Å²) >= 11 is 12.4. The third-order valence-corrected chi connectivity index (χ3v) is 3.59. The summed E-state index contributed by atoms with van der Waals surface area (Å²) in [6, 6.07) is 11.5. The maximum absolute atomic E-state index is 6.31. The molecule has 0 radical (unpaired) electrons. The van der Waals surface area contributed by atoms with E-state index in [4.69, 9.17) is 23.2 Å². The van der Waals surface area contributed by atoms with E-state index in [9.17, 15) is 0 Å². The van der Waals surface area contributed by atoms with E-state index in [0.717, 1.165) is 22.4 Å². The molecule has 0 atom stereocenters. The molecule has 0 unspecified atom stereocenters. The maximum atomic E-state index is 6.31. The van der Waals surface area contributed by atoms with E-state index in [-0.39, 0.29) is 0 Å². The lowest BCUT2D eigenvalue weighted by atomic mass is 9.98. The minimum Gasteiger partial charge on any atom is -0.159 e. The molecule has 0 saturated heterocycles. The number of rotatable bonds is 0. The molecule has 1 aliphatic rings. The molecule has 18 heavy (non-hydrogen) atoms. The molecule has 0 aromatic heterocycles. The van der Waals surface area contributed by atoms with Crippen molar-refractivity contribution in [3.05, 3.63) is 58.2 Å². The van der Waals surface area contributed by atoms with Crippen LogP contribution in [0.2, 0.25) is 10.0 Å². The number of nitrogens with zero attached hydrogens (tertiary/aromatic N) is 2. The molecule has 0 fully saturated rings. The van der Waals surface area contributed by atoms with Crippen LogP contribution in [-0.2, 0) is 0 Å². The predicted molar refractivity (Wildman–Crippen MR) is 75.4 cm³/mol. The summed E-state index contributed by atoms with van der Waals surface area (Å²) in [6.07, 6.45) is 3.57. The van der Waals surface area contributed by atoms with Crippen molar-refractivity contribution in [2.45, 2.75) is 0 Å². The first-order valence-corrected chi connectivity index (χ1v) is 6.18. The Hall–Kier alpha value is -1.64. The molecule has 3 rings (SSSR count). The molecule has 2 nitrogen and oxygen atoms in total. The van der Waals surface area contributed by atoms with Crippen molar-refractivity contribution in [1.29, 1.82) is 0 Å². The second kappa shape index (κ2) is 4.56. The van der Waals surface area contributed by atoms with Crippen molar-refractivity contribution in [2.24, 2.45) is 10.2 Å². The first kappa shape index (κ1) is 11.5. The predicted octanol–water partition coefficient (Wildman–Crippen LogP) is 5.73. The first-order chi connectivity index (χ1) is 8.77. The molecule has 0 spiro atoms. The van der Waals surface area contributed by atoms with E-state index >= 15 is 0 Å². The van der Waals surface area contributed by atoms with Crippen LogP contribution >= 0.6 is 23.2 Å². The van der Waals surface area contributed by atoms with Gasteiger partial charge in [0.2, 0.25) is 0 Å². The fourth-order valence-corrected chi connectivity index (χ4v) is 2.38. The van der Waals surface area contributed by atoms with Crippen molar-refractivity contribution < 1.29 is 0 Å². The molecular formula is C14H8Cl2N2. The highest BCUT2D eigenvalue weighted by molar-refractivity contribution is 6.44. The molecule has 2 aromatic carbocycles. The van der Waals surface area contributed by atoms with Crippen molar-refractivity contribution in [1.82, 2.24) is 0 Å². The van der Waals surface area contributed by atoms with Crippen LogP contribution in [0.5, 0.6) is 0 Å². The average Bonchev–Trinajstić information content (AvgIpc) is 2.36. The van der Waals surface area contributed by atoms with Crippen molar-refractivity contribution in [3.63, 3.8) is 0 Å². The Bertz CT molecular complexity index is 675. The van der Waals surface area contributed by atoms with E-state index in [0.29, 0.717) is 10.0 Å². The molecule has 2 aromatic rings. The van der Waals surface area contributed by atoms with Crippen LogP contribution in [-0.4, -0.2) is 0 Å². The lowest BCUT2D eigenvalue weighted by Crippen LogP contribution is -1.87. The van der Waals surface area contributed by atoms with Crippen LogP contribution < -0.4 is 0 Å². The van der Waals surface area contributed by atoms with Crippen molar-refractivity contribution in [2.75, 3.05) is 0 Å². The van der Waals surface area contributed by atoms with Gasteiger partial charge in [-0.25, -0.2) is 0 Å². The highest BCUT2D eigenvalue weighted by Gasteiger charge is 2.15. The molecule has 0 N–H and O–H groups in total. The zero-order chi connectivity index (χ0) is 12.5. The largest absolute Gasteiger partial charge is 0.159 e. The van der Waals surface area contributed by atoms with Crippen LogP contribution in [0, 0.1) is 0 Å². The summed E-state index contributed by atoms with van der Waals surface area (Å²) in [5.74, 6) is 0. The van der Waals surface area contributed by atoms with Gasteiger partial charge in [-0.05, 0) is 29.3 Å². The second-order valence-electron chi connectivity index (χ2n) is 3.87. The summed E-state index contributed by atoms with van der Waals surface area (Å²) in [6.45, 7) is 0. The van der Waals surface area contributed by atoms with Gasteiger partial charge in [-0.2, -0.15) is 10.2 Å². The Morgan fingerprint density at radius 2 is 1.78 bits per heavy atom. The average molecular weight is 275 g/mol. The second-order valence-corrected chi connectivity index (χ2v) is 4.66. The van der Waals surface area contributed by atoms with Gasteiger partial charge in [0.1, 0.15) is 0 Å². The van der Waals surface area contributed by atoms with Crippen molar-refractivity contribution >= 4 is 35.0 Å². The fourth-order valence-electron chi connectivity index (χ4n) is 1.96. The SMILES string of the molecule is Clc1ccc2c(c1Cl)-c1ccccc1C=CN=N2. The summed E-state index contributed by atoms with van der Waals surface area (Å²) < 4.78 is 0. The van der Waals surface area contributed by atoms with Crippen LogP contribution in [0.25, 0.3) is 17.2 Å². The molecule has 88 valence electrons. The van der Waals surface area contributed by atoms with E-state index in [1.807, 2.05) is 36.4 Å². The van der Waals surface area contributed by atoms with E-state index < -0.39 is 0 Å². The van der Waals surface area contributed by atoms with Gasteiger partial charge in [0.25, 0.3) is 0 Å². The third-order valence-electron chi connectivity index (χ3n) is 2.79. The molecule has 0 amide bonds. The van der Waals surface area contributed by atoms with Gasteiger partial charge in [0.15, 0.2) is 0 Å². The summed E-state index contributed by atoms with van der Waals surface area (Å²) in [4.78, 5) is 0. The standard InChI is InChI=1S/C14H8Cl2N2/c15-11-5-6-12-13(14(11)16)10-4-2-1-3-9(10)7-8-17-18-12/h1-8H. The van der Waals surface area contributed by atoms with Crippen LogP contribution in [0.15, 0.2) is 52.8 Å². The van der Waals surface area contributed by atoms with Gasteiger partial charge in [0.05, 0.1) is 21.9 Å². The Kier molecular flexibility index (Phi) is 2.90. The number of azo groups is 1. The van der Waals surface area contributed by atoms with Gasteiger partial charge in [0, 0.05) is 5.56 Å². The quantitative estimate of drug-likeness (QED) is 0.586. The number of hydrogen-bond donors (Lipinski definition) is 0. The minimum absolute atomic E-state index is 0.510. The fraction of sp³-hybridized carbons (Fsp3) is 0. The minimum atomic E-state index is 0.510. The molecule has 0 aliphatic carbocycles. The van der Waals surface area contributed by atoms with Gasteiger partial charge in [-0.15, -0.1) is 0 Å². The monoisotopic (exact) mass is 274 g/mol. The summed E-state index contributed by atoms with van der Waals surface area (Å²) in [7, 11) is 0. The van der Waals surface area contributed by atoms with Crippen LogP contribution in [0.1, 0.15) is 5.56 Å². The van der Waals surface area contributed by atoms with E-state index in [1.54, 1.807) is 12.3 Å². The molecule has 1 aliphatic heterocycles. The van der Waals surface area contributed by atoms with Crippen molar-refractivity contribution in [3.8, 4) is 11.1 Å². The Labute approximate surface area is 115 Å². The Balaban J connectivity index is 2.40. The molecule has 1 heterocycles. The summed E-state index contributed by atoms with van der Waals surface area (Å²) in [5, 5.41) is 9.16. The van der Waals surface area contributed by atoms with Crippen LogP contribution in [0.4, 0.5) is 5.69 Å². The Morgan fingerprint density at radius 3 is 2.67 bits per heavy atom. The smallest absolute Gasteiger partial charge is 0.0951 e. The molecule has 0 saturated carbocycles. The lowest BCUT2D eigenvalue weighted by molar-refractivity contribution is 1.23. The highest BCUT2D eigenvalue weighted by atomic mass is 35.5. The molecular weight excluding hydrogens is 267 g/mol. The lowest BCUT2D eigenvalue weighted by Gasteiger charge is -2.13. The first-order valence-electron chi connectivity index (χ1n) is 5.42. The third kappa shape index (κ3) is 1.84. The van der Waals surface area contributed by atoms with Gasteiger partial charge in [-0.1, -0.05) is 47.5 Å². The molecule has 4 heteroatoms. The van der Waals surface area contributed by atoms with Gasteiger partial charge >= 0.3 is 0 Å². The molecule has 0 bridgehead atoms. The number of benzene rings is 2. The number of hydrogen-bond acceptors (Lipinski definition) is 2. The van der Waals surface area contributed by atoms with Gasteiger partial charge in [-0.3, -0.25) is 0 Å². The van der Waals surface area contributed by atoms with E-state index in [2.05, 4.69) is 10.2 Å². The van der Waals surface area contributed by atoms with E-state index in [1.165, 1.54) is 0 Å². The normalized spacial score (nSPS) is 12.6. The zero-order valence-electron chi connectivity index (χ0n) is 9.27. The van der Waals surface area contributed by atoms with Crippen LogP contribution in [0.3, 0.4) is 0 Å². The number of fused-ring (bicyclic) bond motifs is 3. The highest BCUT2D eigenvalue weighted by Crippen LogP contribution is 2.43. The zero-order valence-corrected chi connectivity index (χ0v) is 10.8. The van der Waals surface area contributed by atoms with Gasteiger partial charge < -0.3 is 0 Å².